The molecule has 1 atom stereocenters. The third-order valence-electron chi connectivity index (χ3n) is 5.38. The van der Waals surface area contributed by atoms with Gasteiger partial charge in [0.2, 0.25) is 5.91 Å². The lowest BCUT2D eigenvalue weighted by Crippen LogP contribution is -2.49. The first kappa shape index (κ1) is 22.1. The Morgan fingerprint density at radius 2 is 1.89 bits per heavy atom. The van der Waals surface area contributed by atoms with E-state index in [0.717, 1.165) is 77.1 Å². The van der Waals surface area contributed by atoms with Crippen LogP contribution in [-0.2, 0) is 11.3 Å². The van der Waals surface area contributed by atoms with E-state index in [2.05, 4.69) is 20.4 Å². The van der Waals surface area contributed by atoms with E-state index in [1.54, 1.807) is 0 Å². The zero-order chi connectivity index (χ0) is 18.2. The fraction of sp³-hybridized carbons (Fsp3) is 0.650. The molecule has 0 aromatic heterocycles. The van der Waals surface area contributed by atoms with Gasteiger partial charge in [-0.05, 0) is 50.0 Å². The first-order valence-electron chi connectivity index (χ1n) is 9.91. The zero-order valence-corrected chi connectivity index (χ0v) is 16.8. The molecule has 2 heterocycles. The van der Waals surface area contributed by atoms with Crippen LogP contribution < -0.4 is 10.6 Å². The second-order valence-electron chi connectivity index (χ2n) is 7.34. The fourth-order valence-corrected chi connectivity index (χ4v) is 3.87. The summed E-state index contributed by atoms with van der Waals surface area (Å²) in [6.07, 6.45) is 4.12. The van der Waals surface area contributed by atoms with Gasteiger partial charge in [0.15, 0.2) is 0 Å². The van der Waals surface area contributed by atoms with Gasteiger partial charge in [0.05, 0.1) is 6.04 Å². The molecule has 2 aliphatic heterocycles. The van der Waals surface area contributed by atoms with Crippen molar-refractivity contribution in [2.45, 2.75) is 38.3 Å². The van der Waals surface area contributed by atoms with Gasteiger partial charge in [-0.2, -0.15) is 0 Å². The van der Waals surface area contributed by atoms with E-state index < -0.39 is 0 Å². The molecule has 0 bridgehead atoms. The summed E-state index contributed by atoms with van der Waals surface area (Å²) in [5, 5.41) is 6.49. The van der Waals surface area contributed by atoms with Crippen LogP contribution in [0.5, 0.6) is 0 Å². The number of likely N-dealkylation sites (tertiary alicyclic amines) is 1. The second kappa shape index (κ2) is 11.6. The zero-order valence-electron chi connectivity index (χ0n) is 16.0. The summed E-state index contributed by atoms with van der Waals surface area (Å²) >= 11 is 0. The number of hydrogen-bond acceptors (Lipinski definition) is 4. The van der Waals surface area contributed by atoms with Gasteiger partial charge in [-0.15, -0.1) is 12.4 Å². The number of piperidine rings is 1. The maximum absolute atomic E-state index is 13.1. The number of nitrogens with zero attached hydrogens (tertiary/aromatic N) is 2. The summed E-state index contributed by atoms with van der Waals surface area (Å²) in [7, 11) is 0. The molecule has 0 saturated carbocycles. The summed E-state index contributed by atoms with van der Waals surface area (Å²) in [5.41, 5.74) is 1.06. The first-order chi connectivity index (χ1) is 12.7. The molecule has 1 aromatic carbocycles. The minimum absolute atomic E-state index is 0. The number of carbonyl (C=O) groups excluding carboxylic acids is 1. The van der Waals surface area contributed by atoms with Gasteiger partial charge in [-0.1, -0.05) is 18.6 Å². The molecular weight excluding hydrogens is 367 g/mol. The van der Waals surface area contributed by atoms with Crippen molar-refractivity contribution in [3.8, 4) is 0 Å². The highest BCUT2D eigenvalue weighted by Gasteiger charge is 2.28. The molecule has 7 heteroatoms. The second-order valence-corrected chi connectivity index (χ2v) is 7.34. The van der Waals surface area contributed by atoms with Gasteiger partial charge in [-0.25, -0.2) is 4.39 Å². The van der Waals surface area contributed by atoms with Crippen molar-refractivity contribution in [3.05, 3.63) is 35.6 Å². The summed E-state index contributed by atoms with van der Waals surface area (Å²) in [4.78, 5) is 17.4. The van der Waals surface area contributed by atoms with Crippen LogP contribution in [0.4, 0.5) is 4.39 Å². The lowest BCUT2D eigenvalue weighted by Gasteiger charge is -2.34. The number of rotatable bonds is 7. The van der Waals surface area contributed by atoms with Crippen molar-refractivity contribution in [1.82, 2.24) is 20.4 Å². The minimum Gasteiger partial charge on any atom is -0.355 e. The number of benzene rings is 1. The Morgan fingerprint density at radius 1 is 1.15 bits per heavy atom. The van der Waals surface area contributed by atoms with E-state index in [4.69, 9.17) is 0 Å². The highest BCUT2D eigenvalue weighted by Crippen LogP contribution is 2.20. The van der Waals surface area contributed by atoms with Gasteiger partial charge in [0, 0.05) is 39.3 Å². The van der Waals surface area contributed by atoms with Crippen molar-refractivity contribution < 1.29 is 9.18 Å². The van der Waals surface area contributed by atoms with Gasteiger partial charge >= 0.3 is 0 Å². The summed E-state index contributed by atoms with van der Waals surface area (Å²) in [6.45, 7) is 7.74. The number of amides is 1. The number of piperazine rings is 1. The van der Waals surface area contributed by atoms with E-state index in [-0.39, 0.29) is 30.2 Å². The van der Waals surface area contributed by atoms with Gasteiger partial charge in [0.1, 0.15) is 5.82 Å². The molecule has 2 saturated heterocycles. The molecule has 2 N–H and O–H groups in total. The Labute approximate surface area is 168 Å². The van der Waals surface area contributed by atoms with E-state index >= 15 is 0 Å². The van der Waals surface area contributed by atoms with Crippen LogP contribution >= 0.6 is 12.4 Å². The summed E-state index contributed by atoms with van der Waals surface area (Å²) in [5.74, 6) is -0.0710. The van der Waals surface area contributed by atoms with E-state index in [0.29, 0.717) is 6.54 Å². The molecule has 3 rings (SSSR count). The molecule has 0 spiro atoms. The van der Waals surface area contributed by atoms with E-state index in [9.17, 15) is 9.18 Å². The molecule has 0 radical (unpaired) electrons. The monoisotopic (exact) mass is 398 g/mol. The molecule has 1 unspecified atom stereocenters. The van der Waals surface area contributed by atoms with Crippen LogP contribution in [0.3, 0.4) is 0 Å². The lowest BCUT2D eigenvalue weighted by molar-refractivity contribution is -0.127. The smallest absolute Gasteiger partial charge is 0.237 e. The predicted molar refractivity (Wildman–Crippen MR) is 109 cm³/mol. The average Bonchev–Trinajstić information content (AvgIpc) is 2.68. The number of carbonyl (C=O) groups is 1. The van der Waals surface area contributed by atoms with Gasteiger partial charge in [-0.3, -0.25) is 9.69 Å². The third-order valence-corrected chi connectivity index (χ3v) is 5.38. The van der Waals surface area contributed by atoms with Crippen LogP contribution in [0.25, 0.3) is 0 Å². The highest BCUT2D eigenvalue weighted by atomic mass is 35.5. The van der Waals surface area contributed by atoms with Crippen molar-refractivity contribution >= 4 is 18.3 Å². The lowest BCUT2D eigenvalue weighted by atomic mass is 10.0. The van der Waals surface area contributed by atoms with Crippen molar-refractivity contribution in [2.75, 3.05) is 45.8 Å². The van der Waals surface area contributed by atoms with Crippen molar-refractivity contribution in [1.29, 1.82) is 0 Å². The average molecular weight is 399 g/mol. The quantitative estimate of drug-likeness (QED) is 0.690. The maximum Gasteiger partial charge on any atom is 0.237 e. The number of hydrogen-bond donors (Lipinski definition) is 2. The molecule has 5 nitrogen and oxygen atoms in total. The summed E-state index contributed by atoms with van der Waals surface area (Å²) in [6, 6.07) is 6.54. The normalized spacial score (nSPS) is 21.4. The Hall–Kier alpha value is -1.21. The summed E-state index contributed by atoms with van der Waals surface area (Å²) < 4.78 is 13.1. The molecule has 0 aliphatic carbocycles. The van der Waals surface area contributed by atoms with Crippen LogP contribution in [0.1, 0.15) is 31.2 Å². The minimum atomic E-state index is -0.217. The van der Waals surface area contributed by atoms with E-state index in [1.807, 2.05) is 12.1 Å². The van der Waals surface area contributed by atoms with Gasteiger partial charge < -0.3 is 15.5 Å². The Bertz CT molecular complexity index is 566. The van der Waals surface area contributed by atoms with Crippen LogP contribution in [-0.4, -0.2) is 67.6 Å². The standard InChI is InChI=1S/C20H31FN4O.ClH/c21-18-7-5-17(6-8-18)16-25-13-2-1-4-19(25)20(26)23-9-3-12-24-14-10-22-11-15-24;/h5-8,19,22H,1-4,9-16H2,(H,23,26);1H. The first-order valence-corrected chi connectivity index (χ1v) is 9.91. The largest absolute Gasteiger partial charge is 0.355 e. The van der Waals surface area contributed by atoms with Crippen molar-refractivity contribution in [3.63, 3.8) is 0 Å². The van der Waals surface area contributed by atoms with Gasteiger partial charge in [0.25, 0.3) is 0 Å². The van der Waals surface area contributed by atoms with Crippen LogP contribution in [0, 0.1) is 5.82 Å². The Morgan fingerprint density at radius 3 is 2.63 bits per heavy atom. The predicted octanol–water partition coefficient (Wildman–Crippen LogP) is 2.01. The fourth-order valence-electron chi connectivity index (χ4n) is 3.87. The van der Waals surface area contributed by atoms with Crippen LogP contribution in [0.2, 0.25) is 0 Å². The molecule has 27 heavy (non-hydrogen) atoms. The number of nitrogens with one attached hydrogen (secondary N) is 2. The molecule has 152 valence electrons. The molecular formula is C20H32ClFN4O. The molecule has 2 aliphatic rings. The third kappa shape index (κ3) is 7.03. The SMILES string of the molecule is Cl.O=C(NCCCN1CCNCC1)C1CCCCN1Cc1ccc(F)cc1. The number of halogens is 2. The Kier molecular flexibility index (Phi) is 9.48. The molecule has 1 amide bonds. The molecule has 2 fully saturated rings. The maximum atomic E-state index is 13.1. The van der Waals surface area contributed by atoms with Crippen LogP contribution in [0.15, 0.2) is 24.3 Å². The molecule has 1 aromatic rings. The Balaban J connectivity index is 0.00000261. The van der Waals surface area contributed by atoms with Crippen molar-refractivity contribution in [2.24, 2.45) is 0 Å². The highest BCUT2D eigenvalue weighted by molar-refractivity contribution is 5.85. The topological polar surface area (TPSA) is 47.6 Å². The van der Waals surface area contributed by atoms with E-state index in [1.165, 1.54) is 12.1 Å².